The molecule has 0 saturated carbocycles. The molecule has 154 valence electrons. The van der Waals surface area contributed by atoms with Gasteiger partial charge in [-0.25, -0.2) is 4.79 Å². The summed E-state index contributed by atoms with van der Waals surface area (Å²) in [5.41, 5.74) is 1.29. The van der Waals surface area contributed by atoms with Crippen molar-refractivity contribution in [2.45, 2.75) is 32.7 Å². The Morgan fingerprint density at radius 2 is 1.66 bits per heavy atom. The molecule has 2 aromatic rings. The lowest BCUT2D eigenvalue weighted by Gasteiger charge is -2.35. The van der Waals surface area contributed by atoms with Crippen LogP contribution in [-0.2, 0) is 20.9 Å². The second-order valence-electron chi connectivity index (χ2n) is 7.07. The summed E-state index contributed by atoms with van der Waals surface area (Å²) in [5, 5.41) is 0.649. The molecular formula is C22H24ClNO5. The summed E-state index contributed by atoms with van der Waals surface area (Å²) >= 11 is 5.85. The van der Waals surface area contributed by atoms with Crippen molar-refractivity contribution in [1.82, 2.24) is 4.90 Å². The summed E-state index contributed by atoms with van der Waals surface area (Å²) in [6.45, 7) is 4.93. The normalized spacial score (nSPS) is 18.9. The van der Waals surface area contributed by atoms with Crippen LogP contribution in [0.1, 0.15) is 29.8 Å². The molecule has 1 aliphatic heterocycles. The minimum Gasteiger partial charge on any atom is -0.489 e. The smallest absolute Gasteiger partial charge is 0.338 e. The number of esters is 1. The number of morpholine rings is 1. The van der Waals surface area contributed by atoms with E-state index in [0.717, 1.165) is 5.56 Å². The number of nitrogens with zero attached hydrogens (tertiary/aromatic N) is 1. The van der Waals surface area contributed by atoms with Gasteiger partial charge in [0.05, 0.1) is 17.8 Å². The van der Waals surface area contributed by atoms with Crippen LogP contribution in [0.4, 0.5) is 0 Å². The summed E-state index contributed by atoms with van der Waals surface area (Å²) in [6.07, 6.45) is -0.0536. The number of rotatable bonds is 6. The first kappa shape index (κ1) is 21.1. The van der Waals surface area contributed by atoms with Gasteiger partial charge >= 0.3 is 5.97 Å². The molecule has 0 radical (unpaired) electrons. The fourth-order valence-electron chi connectivity index (χ4n) is 3.12. The molecule has 1 saturated heterocycles. The first-order valence-electron chi connectivity index (χ1n) is 9.48. The van der Waals surface area contributed by atoms with E-state index >= 15 is 0 Å². The van der Waals surface area contributed by atoms with Gasteiger partial charge < -0.3 is 19.1 Å². The molecule has 7 heteroatoms. The van der Waals surface area contributed by atoms with Crippen LogP contribution in [0.15, 0.2) is 48.5 Å². The van der Waals surface area contributed by atoms with E-state index in [4.69, 9.17) is 25.8 Å². The molecule has 1 aliphatic rings. The van der Waals surface area contributed by atoms with Crippen LogP contribution < -0.4 is 4.74 Å². The lowest BCUT2D eigenvalue weighted by atomic mass is 10.1. The van der Waals surface area contributed by atoms with E-state index in [1.165, 1.54) is 0 Å². The quantitative estimate of drug-likeness (QED) is 0.670. The van der Waals surface area contributed by atoms with E-state index in [0.29, 0.717) is 36.0 Å². The highest BCUT2D eigenvalue weighted by Crippen LogP contribution is 2.17. The number of halogens is 1. The van der Waals surface area contributed by atoms with Crippen molar-refractivity contribution in [1.29, 1.82) is 0 Å². The van der Waals surface area contributed by atoms with Crippen molar-refractivity contribution in [3.05, 3.63) is 64.7 Å². The standard InChI is InChI=1S/C22H24ClNO5/c1-15-11-24(12-16(2)29-15)21(25)14-28-22(26)18-5-3-17(4-6-18)13-27-20-9-7-19(23)8-10-20/h3-10,15-16H,11-14H2,1-2H3/t15-,16+. The summed E-state index contributed by atoms with van der Waals surface area (Å²) in [7, 11) is 0. The predicted octanol–water partition coefficient (Wildman–Crippen LogP) is 3.71. The van der Waals surface area contributed by atoms with Gasteiger partial charge in [-0.1, -0.05) is 23.7 Å². The second-order valence-corrected chi connectivity index (χ2v) is 7.51. The molecule has 2 aromatic carbocycles. The van der Waals surface area contributed by atoms with Gasteiger partial charge in [-0.2, -0.15) is 0 Å². The number of hydrogen-bond donors (Lipinski definition) is 0. The topological polar surface area (TPSA) is 65.1 Å². The highest BCUT2D eigenvalue weighted by Gasteiger charge is 2.26. The number of hydrogen-bond acceptors (Lipinski definition) is 5. The first-order chi connectivity index (χ1) is 13.9. The minimum absolute atomic E-state index is 0.0268. The molecule has 1 fully saturated rings. The Morgan fingerprint density at radius 3 is 2.28 bits per heavy atom. The van der Waals surface area contributed by atoms with Crippen molar-refractivity contribution in [2.24, 2.45) is 0 Å². The predicted molar refractivity (Wildman–Crippen MR) is 109 cm³/mol. The van der Waals surface area contributed by atoms with Gasteiger partial charge in [-0.3, -0.25) is 4.79 Å². The molecule has 0 N–H and O–H groups in total. The van der Waals surface area contributed by atoms with Gasteiger partial charge in [0.15, 0.2) is 6.61 Å². The Morgan fingerprint density at radius 1 is 1.03 bits per heavy atom. The van der Waals surface area contributed by atoms with Crippen molar-refractivity contribution >= 4 is 23.5 Å². The van der Waals surface area contributed by atoms with Crippen molar-refractivity contribution < 1.29 is 23.8 Å². The van der Waals surface area contributed by atoms with Crippen LogP contribution in [0.3, 0.4) is 0 Å². The molecule has 2 atom stereocenters. The number of carbonyl (C=O) groups excluding carboxylic acids is 2. The molecule has 6 nitrogen and oxygen atoms in total. The number of carbonyl (C=O) groups is 2. The molecule has 0 spiro atoms. The molecule has 3 rings (SSSR count). The zero-order chi connectivity index (χ0) is 20.8. The number of benzene rings is 2. The molecule has 0 unspecified atom stereocenters. The second kappa shape index (κ2) is 9.76. The van der Waals surface area contributed by atoms with Crippen LogP contribution in [0.25, 0.3) is 0 Å². The number of amides is 1. The third-order valence-electron chi connectivity index (χ3n) is 4.51. The average Bonchev–Trinajstić information content (AvgIpc) is 2.71. The van der Waals surface area contributed by atoms with E-state index in [2.05, 4.69) is 0 Å². The van der Waals surface area contributed by atoms with Crippen LogP contribution >= 0.6 is 11.6 Å². The van der Waals surface area contributed by atoms with Crippen LogP contribution in [-0.4, -0.2) is 48.7 Å². The molecular weight excluding hydrogens is 394 g/mol. The van der Waals surface area contributed by atoms with Crippen molar-refractivity contribution in [2.75, 3.05) is 19.7 Å². The summed E-state index contributed by atoms with van der Waals surface area (Å²) in [5.74, 6) is -0.0330. The molecule has 1 amide bonds. The van der Waals surface area contributed by atoms with Gasteiger partial charge in [0.2, 0.25) is 0 Å². The van der Waals surface area contributed by atoms with Gasteiger partial charge in [0.25, 0.3) is 5.91 Å². The Hall–Kier alpha value is -2.57. The first-order valence-corrected chi connectivity index (χ1v) is 9.86. The fraction of sp³-hybridized carbons (Fsp3) is 0.364. The zero-order valence-electron chi connectivity index (χ0n) is 16.5. The molecule has 0 bridgehead atoms. The zero-order valence-corrected chi connectivity index (χ0v) is 17.2. The monoisotopic (exact) mass is 417 g/mol. The molecule has 29 heavy (non-hydrogen) atoms. The Balaban J connectivity index is 1.47. The fourth-order valence-corrected chi connectivity index (χ4v) is 3.24. The third kappa shape index (κ3) is 6.21. The largest absolute Gasteiger partial charge is 0.489 e. The lowest BCUT2D eigenvalue weighted by molar-refractivity contribution is -0.146. The van der Waals surface area contributed by atoms with Gasteiger partial charge in [-0.15, -0.1) is 0 Å². The third-order valence-corrected chi connectivity index (χ3v) is 4.76. The van der Waals surface area contributed by atoms with Gasteiger partial charge in [0.1, 0.15) is 12.4 Å². The van der Waals surface area contributed by atoms with E-state index < -0.39 is 5.97 Å². The Kier molecular flexibility index (Phi) is 7.12. The maximum atomic E-state index is 12.3. The van der Waals surface area contributed by atoms with Gasteiger partial charge in [0, 0.05) is 18.1 Å². The van der Waals surface area contributed by atoms with E-state index in [1.807, 2.05) is 13.8 Å². The van der Waals surface area contributed by atoms with E-state index in [1.54, 1.807) is 53.4 Å². The maximum absolute atomic E-state index is 12.3. The minimum atomic E-state index is -0.530. The van der Waals surface area contributed by atoms with E-state index in [-0.39, 0.29) is 24.7 Å². The number of ether oxygens (including phenoxy) is 3. The van der Waals surface area contributed by atoms with Crippen LogP contribution in [0.2, 0.25) is 5.02 Å². The Labute approximate surface area is 175 Å². The lowest BCUT2D eigenvalue weighted by Crippen LogP contribution is -2.49. The summed E-state index contributed by atoms with van der Waals surface area (Å²) < 4.78 is 16.5. The summed E-state index contributed by atoms with van der Waals surface area (Å²) in [6, 6.07) is 14.0. The SMILES string of the molecule is C[C@@H]1CN(C(=O)COC(=O)c2ccc(COc3ccc(Cl)cc3)cc2)C[C@H](C)O1. The van der Waals surface area contributed by atoms with Gasteiger partial charge in [-0.05, 0) is 55.8 Å². The molecule has 0 aliphatic carbocycles. The van der Waals surface area contributed by atoms with Crippen molar-refractivity contribution in [3.63, 3.8) is 0 Å². The molecule has 0 aromatic heterocycles. The Bertz CT molecular complexity index is 827. The molecule has 1 heterocycles. The average molecular weight is 418 g/mol. The maximum Gasteiger partial charge on any atom is 0.338 e. The summed E-state index contributed by atoms with van der Waals surface area (Å²) in [4.78, 5) is 26.2. The highest BCUT2D eigenvalue weighted by molar-refractivity contribution is 6.30. The highest BCUT2D eigenvalue weighted by atomic mass is 35.5. The van der Waals surface area contributed by atoms with Crippen LogP contribution in [0, 0.1) is 0 Å². The van der Waals surface area contributed by atoms with Crippen LogP contribution in [0.5, 0.6) is 5.75 Å². The van der Waals surface area contributed by atoms with Crippen molar-refractivity contribution in [3.8, 4) is 5.75 Å². The van der Waals surface area contributed by atoms with E-state index in [9.17, 15) is 9.59 Å².